The lowest BCUT2D eigenvalue weighted by atomic mass is 10.2. The lowest BCUT2D eigenvalue weighted by Crippen LogP contribution is -2.00. The lowest BCUT2D eigenvalue weighted by molar-refractivity contribution is 0.568. The van der Waals surface area contributed by atoms with Gasteiger partial charge in [-0.1, -0.05) is 19.4 Å². The zero-order chi connectivity index (χ0) is 11.2. The molecule has 0 unspecified atom stereocenters. The SMILES string of the molecule is CCCCNc1cccc(-c2nnco2)c1. The number of rotatable bonds is 5. The van der Waals surface area contributed by atoms with Gasteiger partial charge in [0.05, 0.1) is 0 Å². The fourth-order valence-electron chi connectivity index (χ4n) is 1.47. The van der Waals surface area contributed by atoms with E-state index in [4.69, 9.17) is 4.42 Å². The first kappa shape index (κ1) is 10.7. The molecule has 0 saturated carbocycles. The van der Waals surface area contributed by atoms with Gasteiger partial charge in [-0.05, 0) is 24.6 Å². The Hall–Kier alpha value is -1.84. The molecular formula is C12H15N3O. The Kier molecular flexibility index (Phi) is 3.53. The van der Waals surface area contributed by atoms with Crippen LogP contribution < -0.4 is 5.32 Å². The fraction of sp³-hybridized carbons (Fsp3) is 0.333. The zero-order valence-electron chi connectivity index (χ0n) is 9.31. The topological polar surface area (TPSA) is 51.0 Å². The molecule has 1 N–H and O–H groups in total. The van der Waals surface area contributed by atoms with Crippen LogP contribution in [0, 0.1) is 0 Å². The van der Waals surface area contributed by atoms with E-state index in [9.17, 15) is 0 Å². The molecule has 0 aliphatic carbocycles. The van der Waals surface area contributed by atoms with E-state index in [1.807, 2.05) is 24.3 Å². The Balaban J connectivity index is 2.08. The van der Waals surface area contributed by atoms with Crippen LogP contribution in [-0.4, -0.2) is 16.7 Å². The summed E-state index contributed by atoms with van der Waals surface area (Å²) in [6.07, 6.45) is 3.70. The molecule has 16 heavy (non-hydrogen) atoms. The Morgan fingerprint density at radius 1 is 1.38 bits per heavy atom. The molecule has 84 valence electrons. The van der Waals surface area contributed by atoms with E-state index in [0.717, 1.165) is 17.8 Å². The van der Waals surface area contributed by atoms with Crippen LogP contribution in [0.5, 0.6) is 0 Å². The second kappa shape index (κ2) is 5.30. The predicted molar refractivity (Wildman–Crippen MR) is 63.1 cm³/mol. The highest BCUT2D eigenvalue weighted by Gasteiger charge is 2.03. The first-order valence-electron chi connectivity index (χ1n) is 5.50. The summed E-state index contributed by atoms with van der Waals surface area (Å²) in [7, 11) is 0. The number of nitrogens with zero attached hydrogens (tertiary/aromatic N) is 2. The van der Waals surface area contributed by atoms with E-state index in [-0.39, 0.29) is 0 Å². The van der Waals surface area contributed by atoms with Crippen LogP contribution in [0.2, 0.25) is 0 Å². The van der Waals surface area contributed by atoms with E-state index in [1.54, 1.807) is 0 Å². The van der Waals surface area contributed by atoms with Gasteiger partial charge < -0.3 is 9.73 Å². The summed E-state index contributed by atoms with van der Waals surface area (Å²) in [5, 5.41) is 10.9. The number of hydrogen-bond acceptors (Lipinski definition) is 4. The molecule has 0 fully saturated rings. The molecule has 0 saturated heterocycles. The minimum atomic E-state index is 0.555. The van der Waals surface area contributed by atoms with Gasteiger partial charge in [-0.2, -0.15) is 0 Å². The number of hydrogen-bond donors (Lipinski definition) is 1. The molecule has 0 bridgehead atoms. The van der Waals surface area contributed by atoms with Crippen molar-refractivity contribution in [3.05, 3.63) is 30.7 Å². The highest BCUT2D eigenvalue weighted by molar-refractivity contribution is 5.60. The number of nitrogens with one attached hydrogen (secondary N) is 1. The van der Waals surface area contributed by atoms with Crippen LogP contribution in [-0.2, 0) is 0 Å². The summed E-state index contributed by atoms with van der Waals surface area (Å²) < 4.78 is 5.15. The van der Waals surface area contributed by atoms with Crippen molar-refractivity contribution in [3.8, 4) is 11.5 Å². The zero-order valence-corrected chi connectivity index (χ0v) is 9.31. The van der Waals surface area contributed by atoms with Crippen molar-refractivity contribution in [3.63, 3.8) is 0 Å². The third-order valence-corrected chi connectivity index (χ3v) is 2.33. The molecule has 0 radical (unpaired) electrons. The van der Waals surface area contributed by atoms with Gasteiger partial charge in [-0.25, -0.2) is 0 Å². The van der Waals surface area contributed by atoms with Gasteiger partial charge in [-0.3, -0.25) is 0 Å². The number of aromatic nitrogens is 2. The summed E-state index contributed by atoms with van der Waals surface area (Å²) in [6, 6.07) is 7.99. The van der Waals surface area contributed by atoms with Gasteiger partial charge in [0.15, 0.2) is 0 Å². The Bertz CT molecular complexity index is 426. The molecule has 1 heterocycles. The third-order valence-electron chi connectivity index (χ3n) is 2.33. The molecule has 4 nitrogen and oxygen atoms in total. The van der Waals surface area contributed by atoms with Crippen LogP contribution >= 0.6 is 0 Å². The van der Waals surface area contributed by atoms with Gasteiger partial charge in [0.1, 0.15) is 0 Å². The van der Waals surface area contributed by atoms with E-state index >= 15 is 0 Å². The van der Waals surface area contributed by atoms with Crippen LogP contribution in [0.1, 0.15) is 19.8 Å². The summed E-state index contributed by atoms with van der Waals surface area (Å²) in [5.41, 5.74) is 2.03. The Morgan fingerprint density at radius 3 is 3.06 bits per heavy atom. The molecule has 0 spiro atoms. The Morgan fingerprint density at radius 2 is 2.31 bits per heavy atom. The van der Waals surface area contributed by atoms with Crippen molar-refractivity contribution in [1.82, 2.24) is 10.2 Å². The maximum absolute atomic E-state index is 5.15. The molecule has 0 aliphatic rings. The fourth-order valence-corrected chi connectivity index (χ4v) is 1.47. The van der Waals surface area contributed by atoms with Crippen molar-refractivity contribution >= 4 is 5.69 Å². The largest absolute Gasteiger partial charge is 0.423 e. The van der Waals surface area contributed by atoms with Crippen molar-refractivity contribution < 1.29 is 4.42 Å². The van der Waals surface area contributed by atoms with E-state index in [0.29, 0.717) is 5.89 Å². The molecule has 1 aromatic heterocycles. The summed E-state index contributed by atoms with van der Waals surface area (Å²) in [4.78, 5) is 0. The molecule has 1 aromatic carbocycles. The van der Waals surface area contributed by atoms with Crippen LogP contribution in [0.3, 0.4) is 0 Å². The predicted octanol–water partition coefficient (Wildman–Crippen LogP) is 2.95. The highest BCUT2D eigenvalue weighted by atomic mass is 16.4. The molecule has 2 rings (SSSR count). The second-order valence-electron chi connectivity index (χ2n) is 3.61. The third kappa shape index (κ3) is 2.59. The molecule has 4 heteroatoms. The number of benzene rings is 1. The van der Waals surface area contributed by atoms with Crippen LogP contribution in [0.15, 0.2) is 35.1 Å². The Labute approximate surface area is 94.7 Å². The van der Waals surface area contributed by atoms with Crippen molar-refractivity contribution in [2.75, 3.05) is 11.9 Å². The molecule has 2 aromatic rings. The van der Waals surface area contributed by atoms with Gasteiger partial charge in [-0.15, -0.1) is 10.2 Å². The van der Waals surface area contributed by atoms with Gasteiger partial charge in [0.25, 0.3) is 0 Å². The van der Waals surface area contributed by atoms with Gasteiger partial charge in [0, 0.05) is 17.8 Å². The van der Waals surface area contributed by atoms with Gasteiger partial charge in [0.2, 0.25) is 12.3 Å². The average Bonchev–Trinajstić information content (AvgIpc) is 2.83. The minimum Gasteiger partial charge on any atom is -0.423 e. The average molecular weight is 217 g/mol. The van der Waals surface area contributed by atoms with E-state index in [1.165, 1.54) is 19.2 Å². The first-order chi connectivity index (χ1) is 7.90. The van der Waals surface area contributed by atoms with Crippen molar-refractivity contribution in [2.24, 2.45) is 0 Å². The first-order valence-corrected chi connectivity index (χ1v) is 5.50. The molecule has 0 amide bonds. The molecule has 0 aliphatic heterocycles. The minimum absolute atomic E-state index is 0.555. The maximum atomic E-state index is 5.15. The maximum Gasteiger partial charge on any atom is 0.247 e. The number of anilines is 1. The summed E-state index contributed by atoms with van der Waals surface area (Å²) in [5.74, 6) is 0.555. The van der Waals surface area contributed by atoms with E-state index < -0.39 is 0 Å². The quantitative estimate of drug-likeness (QED) is 0.782. The highest BCUT2D eigenvalue weighted by Crippen LogP contribution is 2.20. The van der Waals surface area contributed by atoms with Crippen molar-refractivity contribution in [2.45, 2.75) is 19.8 Å². The van der Waals surface area contributed by atoms with E-state index in [2.05, 4.69) is 22.4 Å². The van der Waals surface area contributed by atoms with Gasteiger partial charge >= 0.3 is 0 Å². The molecule has 0 atom stereocenters. The van der Waals surface area contributed by atoms with Crippen LogP contribution in [0.4, 0.5) is 5.69 Å². The smallest absolute Gasteiger partial charge is 0.247 e. The normalized spacial score (nSPS) is 10.3. The summed E-state index contributed by atoms with van der Waals surface area (Å²) >= 11 is 0. The summed E-state index contributed by atoms with van der Waals surface area (Å²) in [6.45, 7) is 3.17. The standard InChI is InChI=1S/C12H15N3O/c1-2-3-7-13-11-6-4-5-10(8-11)12-15-14-9-16-12/h4-6,8-9,13H,2-3,7H2,1H3. The monoisotopic (exact) mass is 217 g/mol. The van der Waals surface area contributed by atoms with Crippen molar-refractivity contribution in [1.29, 1.82) is 0 Å². The molecular weight excluding hydrogens is 202 g/mol. The number of unbranched alkanes of at least 4 members (excludes halogenated alkanes) is 1. The second-order valence-corrected chi connectivity index (χ2v) is 3.61. The van der Waals surface area contributed by atoms with Crippen LogP contribution in [0.25, 0.3) is 11.5 Å². The lowest BCUT2D eigenvalue weighted by Gasteiger charge is -2.05.